The van der Waals surface area contributed by atoms with E-state index in [1.54, 1.807) is 12.1 Å². The molecule has 1 aliphatic rings. The van der Waals surface area contributed by atoms with Gasteiger partial charge in [-0.1, -0.05) is 23.7 Å². The van der Waals surface area contributed by atoms with Gasteiger partial charge in [0.15, 0.2) is 0 Å². The Labute approximate surface area is 110 Å². The van der Waals surface area contributed by atoms with E-state index in [9.17, 15) is 9.59 Å². The summed E-state index contributed by atoms with van der Waals surface area (Å²) in [7, 11) is 0. The summed E-state index contributed by atoms with van der Waals surface area (Å²) in [4.78, 5) is 22.4. The number of carbonyl (C=O) groups excluding carboxylic acids is 1. The zero-order chi connectivity index (χ0) is 13.3. The van der Waals surface area contributed by atoms with Gasteiger partial charge in [0.2, 0.25) is 5.91 Å². The van der Waals surface area contributed by atoms with Crippen molar-refractivity contribution in [3.63, 3.8) is 0 Å². The van der Waals surface area contributed by atoms with Crippen LogP contribution >= 0.6 is 11.6 Å². The normalized spacial score (nSPS) is 23.2. The molecule has 1 aliphatic carbocycles. The van der Waals surface area contributed by atoms with Gasteiger partial charge in [-0.2, -0.15) is 0 Å². The van der Waals surface area contributed by atoms with Crippen LogP contribution in [0, 0.1) is 5.92 Å². The van der Waals surface area contributed by atoms with Gasteiger partial charge in [-0.15, -0.1) is 0 Å². The molecule has 1 aromatic rings. The molecule has 0 spiro atoms. The molecule has 0 bridgehead atoms. The van der Waals surface area contributed by atoms with Crippen LogP contribution in [0.25, 0.3) is 0 Å². The Balaban J connectivity index is 1.93. The molecule has 0 heterocycles. The number of carbonyl (C=O) groups is 2. The lowest BCUT2D eigenvalue weighted by molar-refractivity contribution is -0.141. The summed E-state index contributed by atoms with van der Waals surface area (Å²) in [5.74, 6) is -1.15. The molecule has 5 heteroatoms. The summed E-state index contributed by atoms with van der Waals surface area (Å²) in [6, 6.07) is 6.56. The lowest BCUT2D eigenvalue weighted by atomic mass is 10.1. The molecule has 1 amide bonds. The van der Waals surface area contributed by atoms with Crippen molar-refractivity contribution < 1.29 is 14.7 Å². The molecule has 18 heavy (non-hydrogen) atoms. The molecule has 1 fully saturated rings. The summed E-state index contributed by atoms with van der Waals surface area (Å²) in [6.45, 7) is 1.46. The summed E-state index contributed by atoms with van der Waals surface area (Å²) < 4.78 is 0. The first-order chi connectivity index (χ1) is 8.49. The lowest BCUT2D eigenvalue weighted by Gasteiger charge is -2.08. The van der Waals surface area contributed by atoms with E-state index < -0.39 is 12.0 Å². The fraction of sp³-hybridized carbons (Fsp3) is 0.385. The number of hydrogen-bond acceptors (Lipinski definition) is 2. The first kappa shape index (κ1) is 12.9. The van der Waals surface area contributed by atoms with Crippen molar-refractivity contribution in [2.45, 2.75) is 25.3 Å². The van der Waals surface area contributed by atoms with Crippen molar-refractivity contribution in [1.82, 2.24) is 5.32 Å². The summed E-state index contributed by atoms with van der Waals surface area (Å²) >= 11 is 5.79. The van der Waals surface area contributed by atoms with E-state index in [-0.39, 0.29) is 17.7 Å². The fourth-order valence-corrected chi connectivity index (χ4v) is 2.07. The van der Waals surface area contributed by atoms with Crippen LogP contribution in [0.5, 0.6) is 0 Å². The van der Waals surface area contributed by atoms with Crippen molar-refractivity contribution in [1.29, 1.82) is 0 Å². The van der Waals surface area contributed by atoms with Crippen molar-refractivity contribution in [2.24, 2.45) is 5.92 Å². The summed E-state index contributed by atoms with van der Waals surface area (Å²) in [5, 5.41) is 11.9. The number of carboxylic acids is 1. The number of rotatable bonds is 4. The summed E-state index contributed by atoms with van der Waals surface area (Å²) in [6.07, 6.45) is 0.764. The van der Waals surface area contributed by atoms with Crippen LogP contribution in [-0.4, -0.2) is 23.0 Å². The van der Waals surface area contributed by atoms with E-state index in [1.165, 1.54) is 6.92 Å². The molecule has 0 aliphatic heterocycles. The maximum Gasteiger partial charge on any atom is 0.325 e. The van der Waals surface area contributed by atoms with Gasteiger partial charge in [0.1, 0.15) is 6.04 Å². The van der Waals surface area contributed by atoms with E-state index in [0.717, 1.165) is 12.0 Å². The monoisotopic (exact) mass is 267 g/mol. The average Bonchev–Trinajstić information content (AvgIpc) is 3.09. The standard InChI is InChI=1S/C13H14ClNO3/c1-7(13(17)18)15-12(16)11-6-10(11)8-2-4-9(14)5-3-8/h2-5,7,10-11H,6H2,1H3,(H,15,16)(H,17,18)/t7-,10-,11+/m0/s1. The van der Waals surface area contributed by atoms with Gasteiger partial charge in [-0.3, -0.25) is 9.59 Å². The Bertz CT molecular complexity index is 472. The van der Waals surface area contributed by atoms with Gasteiger partial charge in [0, 0.05) is 10.9 Å². The minimum absolute atomic E-state index is 0.118. The first-order valence-electron chi connectivity index (χ1n) is 5.77. The molecule has 0 saturated heterocycles. The maximum atomic E-state index is 11.8. The SMILES string of the molecule is C[C@H](NC(=O)[C@@H]1C[C@H]1c1ccc(Cl)cc1)C(=O)O. The number of carboxylic acid groups (broad SMARTS) is 1. The van der Waals surface area contributed by atoms with Crippen LogP contribution in [0.15, 0.2) is 24.3 Å². The van der Waals surface area contributed by atoms with Crippen molar-refractivity contribution in [3.8, 4) is 0 Å². The molecule has 0 radical (unpaired) electrons. The van der Waals surface area contributed by atoms with Crippen LogP contribution < -0.4 is 5.32 Å². The Kier molecular flexibility index (Phi) is 3.57. The largest absolute Gasteiger partial charge is 0.480 e. The number of hydrogen-bond donors (Lipinski definition) is 2. The topological polar surface area (TPSA) is 66.4 Å². The highest BCUT2D eigenvalue weighted by atomic mass is 35.5. The molecule has 0 unspecified atom stereocenters. The first-order valence-corrected chi connectivity index (χ1v) is 6.15. The average molecular weight is 268 g/mol. The second-order valence-electron chi connectivity index (χ2n) is 4.57. The zero-order valence-electron chi connectivity index (χ0n) is 9.89. The van der Waals surface area contributed by atoms with Gasteiger partial charge in [0.05, 0.1) is 0 Å². The van der Waals surface area contributed by atoms with Gasteiger partial charge in [0.25, 0.3) is 0 Å². The van der Waals surface area contributed by atoms with Crippen LogP contribution in [0.4, 0.5) is 0 Å². The molecule has 96 valence electrons. The van der Waals surface area contributed by atoms with E-state index in [4.69, 9.17) is 16.7 Å². The predicted octanol–water partition coefficient (Wildman–Crippen LogP) is 2.03. The third kappa shape index (κ3) is 2.82. The molecule has 1 aromatic carbocycles. The second-order valence-corrected chi connectivity index (χ2v) is 5.01. The molecule has 1 saturated carbocycles. The number of nitrogens with one attached hydrogen (secondary N) is 1. The molecule has 3 atom stereocenters. The van der Waals surface area contributed by atoms with Crippen LogP contribution in [0.1, 0.15) is 24.8 Å². The smallest absolute Gasteiger partial charge is 0.325 e. The second kappa shape index (κ2) is 4.98. The van der Waals surface area contributed by atoms with Crippen LogP contribution in [0.3, 0.4) is 0 Å². The van der Waals surface area contributed by atoms with E-state index >= 15 is 0 Å². The number of amides is 1. The lowest BCUT2D eigenvalue weighted by Crippen LogP contribution is -2.39. The number of aliphatic carboxylic acids is 1. The fourth-order valence-electron chi connectivity index (χ4n) is 1.95. The highest BCUT2D eigenvalue weighted by Crippen LogP contribution is 2.47. The zero-order valence-corrected chi connectivity index (χ0v) is 10.6. The Morgan fingerprint density at radius 1 is 1.39 bits per heavy atom. The number of benzene rings is 1. The quantitative estimate of drug-likeness (QED) is 0.877. The highest BCUT2D eigenvalue weighted by Gasteiger charge is 2.44. The van der Waals surface area contributed by atoms with E-state index in [2.05, 4.69) is 5.32 Å². The minimum Gasteiger partial charge on any atom is -0.480 e. The van der Waals surface area contributed by atoms with Crippen LogP contribution in [-0.2, 0) is 9.59 Å². The molecule has 0 aromatic heterocycles. The molecule has 2 rings (SSSR count). The Morgan fingerprint density at radius 3 is 2.56 bits per heavy atom. The third-order valence-electron chi connectivity index (χ3n) is 3.15. The van der Waals surface area contributed by atoms with Crippen molar-refractivity contribution in [2.75, 3.05) is 0 Å². The van der Waals surface area contributed by atoms with Gasteiger partial charge in [-0.05, 0) is 37.0 Å². The molecular formula is C13H14ClNO3. The molecular weight excluding hydrogens is 254 g/mol. The minimum atomic E-state index is -1.02. The molecule has 4 nitrogen and oxygen atoms in total. The predicted molar refractivity (Wildman–Crippen MR) is 67.5 cm³/mol. The van der Waals surface area contributed by atoms with Gasteiger partial charge >= 0.3 is 5.97 Å². The van der Waals surface area contributed by atoms with Crippen LogP contribution in [0.2, 0.25) is 5.02 Å². The third-order valence-corrected chi connectivity index (χ3v) is 3.41. The highest BCUT2D eigenvalue weighted by molar-refractivity contribution is 6.30. The summed E-state index contributed by atoms with van der Waals surface area (Å²) in [5.41, 5.74) is 1.07. The van der Waals surface area contributed by atoms with E-state index in [0.29, 0.717) is 5.02 Å². The van der Waals surface area contributed by atoms with Crippen molar-refractivity contribution >= 4 is 23.5 Å². The molecule has 2 N–H and O–H groups in total. The Morgan fingerprint density at radius 2 is 2.00 bits per heavy atom. The van der Waals surface area contributed by atoms with Crippen molar-refractivity contribution in [3.05, 3.63) is 34.9 Å². The van der Waals surface area contributed by atoms with E-state index in [1.807, 2.05) is 12.1 Å². The van der Waals surface area contributed by atoms with Gasteiger partial charge in [-0.25, -0.2) is 0 Å². The van der Waals surface area contributed by atoms with Gasteiger partial charge < -0.3 is 10.4 Å². The number of halogens is 1. The Hall–Kier alpha value is -1.55. The maximum absolute atomic E-state index is 11.8.